The number of carbonyl (C=O) groups is 1. The molecule has 20 heavy (non-hydrogen) atoms. The molecule has 1 fully saturated rings. The molecule has 5 heteroatoms. The minimum Gasteiger partial charge on any atom is -0.494 e. The average Bonchev–Trinajstić information content (AvgIpc) is 3.19. The standard InChI is InChI=1S/C15H19N3O2/c1-2-9-20-12-7-3-10(4-8-12)13-14(19)18-15(17-13)16-11-5-6-11/h3-4,7-8,11,13H,2,5-6,9H2,1H3,(H2,16,17,18,19). The Bertz CT molecular complexity index is 520. The van der Waals surface area contributed by atoms with Crippen LogP contribution in [0.5, 0.6) is 5.75 Å². The van der Waals surface area contributed by atoms with Crippen molar-refractivity contribution in [1.29, 1.82) is 0 Å². The Hall–Kier alpha value is -2.04. The molecular formula is C15H19N3O2. The number of nitrogens with one attached hydrogen (secondary N) is 2. The van der Waals surface area contributed by atoms with Gasteiger partial charge in [-0.25, -0.2) is 4.99 Å². The molecule has 2 N–H and O–H groups in total. The predicted molar refractivity (Wildman–Crippen MR) is 76.7 cm³/mol. The number of rotatable bonds is 5. The summed E-state index contributed by atoms with van der Waals surface area (Å²) < 4.78 is 5.53. The lowest BCUT2D eigenvalue weighted by Gasteiger charge is -2.07. The number of guanidine groups is 1. The maximum absolute atomic E-state index is 11.9. The molecule has 1 amide bonds. The number of aliphatic imine (C=N–C) groups is 1. The highest BCUT2D eigenvalue weighted by Gasteiger charge is 2.31. The summed E-state index contributed by atoms with van der Waals surface area (Å²) in [5.74, 6) is 1.36. The van der Waals surface area contributed by atoms with Crippen molar-refractivity contribution in [2.45, 2.75) is 38.3 Å². The van der Waals surface area contributed by atoms with Crippen molar-refractivity contribution in [3.8, 4) is 5.75 Å². The molecule has 1 aromatic carbocycles. The van der Waals surface area contributed by atoms with E-state index in [-0.39, 0.29) is 5.91 Å². The van der Waals surface area contributed by atoms with Gasteiger partial charge in [0.1, 0.15) is 5.75 Å². The third-order valence-corrected chi connectivity index (χ3v) is 3.34. The summed E-state index contributed by atoms with van der Waals surface area (Å²) in [4.78, 5) is 16.4. The molecule has 3 rings (SSSR count). The van der Waals surface area contributed by atoms with Crippen LogP contribution in [0.4, 0.5) is 0 Å². The Morgan fingerprint density at radius 2 is 2.10 bits per heavy atom. The number of nitrogens with zero attached hydrogens (tertiary/aromatic N) is 1. The van der Waals surface area contributed by atoms with Crippen molar-refractivity contribution in [2.75, 3.05) is 6.61 Å². The third-order valence-electron chi connectivity index (χ3n) is 3.34. The second-order valence-electron chi connectivity index (χ2n) is 5.21. The monoisotopic (exact) mass is 273 g/mol. The molecule has 0 aromatic heterocycles. The summed E-state index contributed by atoms with van der Waals surface area (Å²) in [6, 6.07) is 7.62. The summed E-state index contributed by atoms with van der Waals surface area (Å²) in [5, 5.41) is 6.01. The summed E-state index contributed by atoms with van der Waals surface area (Å²) >= 11 is 0. The number of amides is 1. The summed E-state index contributed by atoms with van der Waals surface area (Å²) in [7, 11) is 0. The van der Waals surface area contributed by atoms with Crippen LogP contribution in [0.1, 0.15) is 37.8 Å². The number of ether oxygens (including phenoxy) is 1. The average molecular weight is 273 g/mol. The van der Waals surface area contributed by atoms with Crippen LogP contribution in [0.25, 0.3) is 0 Å². The zero-order valence-electron chi connectivity index (χ0n) is 11.6. The number of hydrogen-bond acceptors (Lipinski definition) is 4. The van der Waals surface area contributed by atoms with Crippen molar-refractivity contribution in [2.24, 2.45) is 4.99 Å². The molecule has 1 aromatic rings. The fourth-order valence-corrected chi connectivity index (χ4v) is 2.09. The van der Waals surface area contributed by atoms with Gasteiger partial charge in [-0.3, -0.25) is 10.1 Å². The Balaban J connectivity index is 1.68. The molecule has 1 saturated carbocycles. The van der Waals surface area contributed by atoms with Gasteiger partial charge >= 0.3 is 0 Å². The van der Waals surface area contributed by atoms with Gasteiger partial charge in [0.2, 0.25) is 0 Å². The highest BCUT2D eigenvalue weighted by Crippen LogP contribution is 2.25. The largest absolute Gasteiger partial charge is 0.494 e. The number of hydrogen-bond donors (Lipinski definition) is 2. The highest BCUT2D eigenvalue weighted by atomic mass is 16.5. The molecule has 0 radical (unpaired) electrons. The van der Waals surface area contributed by atoms with Gasteiger partial charge in [-0.1, -0.05) is 19.1 Å². The van der Waals surface area contributed by atoms with Gasteiger partial charge in [0, 0.05) is 6.04 Å². The van der Waals surface area contributed by atoms with Gasteiger partial charge in [0.05, 0.1) is 6.61 Å². The van der Waals surface area contributed by atoms with Crippen LogP contribution in [0.15, 0.2) is 29.3 Å². The fourth-order valence-electron chi connectivity index (χ4n) is 2.09. The first-order chi connectivity index (χ1) is 9.76. The first-order valence-electron chi connectivity index (χ1n) is 7.14. The van der Waals surface area contributed by atoms with Gasteiger partial charge in [-0.2, -0.15) is 0 Å². The van der Waals surface area contributed by atoms with Crippen LogP contribution in [0.3, 0.4) is 0 Å². The lowest BCUT2D eigenvalue weighted by atomic mass is 10.1. The summed E-state index contributed by atoms with van der Waals surface area (Å²) in [6.45, 7) is 2.78. The van der Waals surface area contributed by atoms with E-state index < -0.39 is 6.04 Å². The van der Waals surface area contributed by atoms with E-state index in [0.717, 1.165) is 30.6 Å². The Morgan fingerprint density at radius 1 is 1.35 bits per heavy atom. The van der Waals surface area contributed by atoms with Crippen molar-refractivity contribution < 1.29 is 9.53 Å². The molecule has 2 aliphatic rings. The van der Waals surface area contributed by atoms with E-state index in [1.807, 2.05) is 24.3 Å². The number of benzene rings is 1. The second-order valence-corrected chi connectivity index (χ2v) is 5.21. The topological polar surface area (TPSA) is 62.7 Å². The van der Waals surface area contributed by atoms with Crippen LogP contribution in [0, 0.1) is 0 Å². The lowest BCUT2D eigenvalue weighted by Crippen LogP contribution is -2.37. The normalized spacial score (nSPS) is 21.4. The lowest BCUT2D eigenvalue weighted by molar-refractivity contribution is -0.120. The quantitative estimate of drug-likeness (QED) is 0.859. The SMILES string of the molecule is CCCOc1ccc(C2N=C(NC3CC3)NC2=O)cc1. The van der Waals surface area contributed by atoms with Crippen molar-refractivity contribution in [3.05, 3.63) is 29.8 Å². The Morgan fingerprint density at radius 3 is 2.75 bits per heavy atom. The minimum absolute atomic E-state index is 0.0737. The van der Waals surface area contributed by atoms with E-state index in [9.17, 15) is 4.79 Å². The van der Waals surface area contributed by atoms with E-state index in [0.29, 0.717) is 18.6 Å². The fraction of sp³-hybridized carbons (Fsp3) is 0.467. The van der Waals surface area contributed by atoms with E-state index in [2.05, 4.69) is 22.5 Å². The molecule has 1 aliphatic heterocycles. The third kappa shape index (κ3) is 2.92. The molecule has 1 aliphatic carbocycles. The van der Waals surface area contributed by atoms with E-state index in [1.54, 1.807) is 0 Å². The van der Waals surface area contributed by atoms with Gasteiger partial charge < -0.3 is 10.1 Å². The molecule has 5 nitrogen and oxygen atoms in total. The molecule has 0 bridgehead atoms. The van der Waals surface area contributed by atoms with Gasteiger partial charge in [0.15, 0.2) is 12.0 Å². The van der Waals surface area contributed by atoms with Crippen LogP contribution in [-0.2, 0) is 4.79 Å². The van der Waals surface area contributed by atoms with E-state index in [4.69, 9.17) is 4.74 Å². The zero-order chi connectivity index (χ0) is 13.9. The molecule has 0 spiro atoms. The first-order valence-corrected chi connectivity index (χ1v) is 7.14. The van der Waals surface area contributed by atoms with E-state index >= 15 is 0 Å². The summed E-state index contributed by atoms with van der Waals surface area (Å²) in [5.41, 5.74) is 0.888. The predicted octanol–water partition coefficient (Wildman–Crippen LogP) is 1.75. The number of carbonyl (C=O) groups excluding carboxylic acids is 1. The Kier molecular flexibility index (Phi) is 3.58. The summed E-state index contributed by atoms with van der Waals surface area (Å²) in [6.07, 6.45) is 3.29. The van der Waals surface area contributed by atoms with Crippen LogP contribution < -0.4 is 15.4 Å². The molecule has 1 heterocycles. The Labute approximate surface area is 118 Å². The van der Waals surface area contributed by atoms with Crippen molar-refractivity contribution >= 4 is 11.9 Å². The smallest absolute Gasteiger partial charge is 0.256 e. The van der Waals surface area contributed by atoms with Crippen LogP contribution in [0.2, 0.25) is 0 Å². The highest BCUT2D eigenvalue weighted by molar-refractivity contribution is 6.05. The maximum atomic E-state index is 11.9. The van der Waals surface area contributed by atoms with Crippen LogP contribution in [-0.4, -0.2) is 24.5 Å². The van der Waals surface area contributed by atoms with E-state index in [1.165, 1.54) is 0 Å². The molecular weight excluding hydrogens is 254 g/mol. The first kappa shape index (κ1) is 13.0. The zero-order valence-corrected chi connectivity index (χ0v) is 11.6. The molecule has 0 saturated heterocycles. The van der Waals surface area contributed by atoms with Crippen LogP contribution >= 0.6 is 0 Å². The van der Waals surface area contributed by atoms with Gasteiger partial charge in [-0.05, 0) is 37.0 Å². The molecule has 1 unspecified atom stereocenters. The van der Waals surface area contributed by atoms with Crippen molar-refractivity contribution in [3.63, 3.8) is 0 Å². The maximum Gasteiger partial charge on any atom is 0.256 e. The van der Waals surface area contributed by atoms with Gasteiger partial charge in [-0.15, -0.1) is 0 Å². The molecule has 1 atom stereocenters. The van der Waals surface area contributed by atoms with Gasteiger partial charge in [0.25, 0.3) is 5.91 Å². The minimum atomic E-state index is -0.448. The second kappa shape index (κ2) is 5.53. The van der Waals surface area contributed by atoms with Crippen molar-refractivity contribution in [1.82, 2.24) is 10.6 Å². The molecule has 106 valence electrons.